The van der Waals surface area contributed by atoms with Gasteiger partial charge in [0.1, 0.15) is 0 Å². The molecule has 0 radical (unpaired) electrons. The van der Waals surface area contributed by atoms with E-state index in [2.05, 4.69) is 15.8 Å². The predicted octanol–water partition coefficient (Wildman–Crippen LogP) is 3.78. The smallest absolute Gasteiger partial charge is 0.272 e. The fraction of sp³-hybridized carbons (Fsp3) is 0.571. The molecule has 0 aliphatic heterocycles. The Morgan fingerprint density at radius 3 is 2.33 bits per heavy atom. The predicted molar refractivity (Wildman–Crippen MR) is 106 cm³/mol. The Morgan fingerprint density at radius 2 is 1.70 bits per heavy atom. The first kappa shape index (κ1) is 18.5. The maximum atomic E-state index is 12.5. The molecule has 4 fully saturated rings. The molecule has 4 aliphatic carbocycles. The number of rotatable bonds is 5. The summed E-state index contributed by atoms with van der Waals surface area (Å²) in [4.78, 5) is 24.6. The van der Waals surface area contributed by atoms with E-state index in [1.54, 1.807) is 31.2 Å². The third-order valence-corrected chi connectivity index (χ3v) is 6.77. The fourth-order valence-corrected chi connectivity index (χ4v) is 5.74. The van der Waals surface area contributed by atoms with Gasteiger partial charge in [0.25, 0.3) is 5.91 Å². The SMILES string of the molecule is CC(CC(=O)NC1C2CC3CC(C2)CC1C3)=NNC(=O)c1ccccc1Cl. The number of benzene rings is 1. The highest BCUT2D eigenvalue weighted by molar-refractivity contribution is 6.33. The van der Waals surface area contributed by atoms with Crippen LogP contribution in [0.1, 0.15) is 55.8 Å². The molecule has 27 heavy (non-hydrogen) atoms. The summed E-state index contributed by atoms with van der Waals surface area (Å²) in [6.45, 7) is 1.75. The molecular formula is C21H26ClN3O2. The lowest BCUT2D eigenvalue weighted by Crippen LogP contribution is -2.56. The molecule has 4 aliphatic rings. The van der Waals surface area contributed by atoms with Gasteiger partial charge in [0.2, 0.25) is 5.91 Å². The monoisotopic (exact) mass is 387 g/mol. The highest BCUT2D eigenvalue weighted by atomic mass is 35.5. The molecule has 0 saturated heterocycles. The minimum atomic E-state index is -0.374. The number of hydrogen-bond acceptors (Lipinski definition) is 3. The van der Waals surface area contributed by atoms with Gasteiger partial charge in [-0.2, -0.15) is 5.10 Å². The average Bonchev–Trinajstić information content (AvgIpc) is 2.62. The van der Waals surface area contributed by atoms with Gasteiger partial charge < -0.3 is 5.32 Å². The Hall–Kier alpha value is -1.88. The standard InChI is InChI=1S/C21H26ClN3O2/c1-12(24-25-21(27)17-4-2-3-5-18(17)22)6-19(26)23-20-15-8-13-7-14(10-15)11-16(20)9-13/h2-5,13-16,20H,6-11H2,1H3,(H,23,26)(H,25,27). The summed E-state index contributed by atoms with van der Waals surface area (Å²) >= 11 is 6.01. The van der Waals surface area contributed by atoms with Gasteiger partial charge in [0.15, 0.2) is 0 Å². The zero-order valence-electron chi connectivity index (χ0n) is 15.6. The summed E-state index contributed by atoms with van der Waals surface area (Å²) in [5, 5.41) is 7.71. The summed E-state index contributed by atoms with van der Waals surface area (Å²) in [6.07, 6.45) is 6.71. The lowest BCUT2D eigenvalue weighted by molar-refractivity contribution is -0.123. The molecule has 2 N–H and O–H groups in total. The third-order valence-electron chi connectivity index (χ3n) is 6.44. The van der Waals surface area contributed by atoms with Crippen molar-refractivity contribution in [1.82, 2.24) is 10.7 Å². The molecule has 4 saturated carbocycles. The van der Waals surface area contributed by atoms with Gasteiger partial charge in [-0.15, -0.1) is 0 Å². The summed E-state index contributed by atoms with van der Waals surface area (Å²) in [5.74, 6) is 2.72. The van der Waals surface area contributed by atoms with E-state index in [1.165, 1.54) is 32.1 Å². The van der Waals surface area contributed by atoms with Crippen molar-refractivity contribution < 1.29 is 9.59 Å². The van der Waals surface area contributed by atoms with E-state index in [0.717, 1.165) is 11.8 Å². The first-order valence-corrected chi connectivity index (χ1v) is 10.2. The number of amides is 2. The van der Waals surface area contributed by atoms with Crippen molar-refractivity contribution in [3.63, 3.8) is 0 Å². The fourth-order valence-electron chi connectivity index (χ4n) is 5.52. The lowest BCUT2D eigenvalue weighted by atomic mass is 9.54. The molecule has 1 aromatic carbocycles. The zero-order valence-corrected chi connectivity index (χ0v) is 16.3. The van der Waals surface area contributed by atoms with E-state index in [4.69, 9.17) is 11.6 Å². The van der Waals surface area contributed by atoms with Crippen LogP contribution in [0.4, 0.5) is 0 Å². The van der Waals surface area contributed by atoms with Crippen molar-refractivity contribution in [2.45, 2.75) is 51.5 Å². The van der Waals surface area contributed by atoms with Crippen molar-refractivity contribution in [2.75, 3.05) is 0 Å². The maximum Gasteiger partial charge on any atom is 0.272 e. The van der Waals surface area contributed by atoms with Gasteiger partial charge in [0.05, 0.1) is 17.0 Å². The second-order valence-electron chi connectivity index (χ2n) is 8.47. The third kappa shape index (κ3) is 4.03. The molecule has 4 bridgehead atoms. The zero-order chi connectivity index (χ0) is 19.0. The van der Waals surface area contributed by atoms with Crippen molar-refractivity contribution in [1.29, 1.82) is 0 Å². The quantitative estimate of drug-likeness (QED) is 0.596. The van der Waals surface area contributed by atoms with Gasteiger partial charge in [-0.25, -0.2) is 5.43 Å². The molecule has 1 aromatic rings. The molecule has 0 atom stereocenters. The first-order chi connectivity index (χ1) is 13.0. The van der Waals surface area contributed by atoms with Gasteiger partial charge in [-0.05, 0) is 74.8 Å². The molecule has 0 aromatic heterocycles. The highest BCUT2D eigenvalue weighted by Gasteiger charge is 2.48. The number of hydrogen-bond donors (Lipinski definition) is 2. The van der Waals surface area contributed by atoms with Gasteiger partial charge in [0, 0.05) is 11.8 Å². The van der Waals surface area contributed by atoms with Crippen molar-refractivity contribution >= 4 is 29.1 Å². The van der Waals surface area contributed by atoms with Crippen LogP contribution in [0.25, 0.3) is 0 Å². The maximum absolute atomic E-state index is 12.5. The van der Waals surface area contributed by atoms with E-state index >= 15 is 0 Å². The minimum absolute atomic E-state index is 0.000663. The molecule has 5 nitrogen and oxygen atoms in total. The molecule has 0 heterocycles. The summed E-state index contributed by atoms with van der Waals surface area (Å²) in [6, 6.07) is 7.14. The summed E-state index contributed by atoms with van der Waals surface area (Å²) in [7, 11) is 0. The number of nitrogens with one attached hydrogen (secondary N) is 2. The van der Waals surface area contributed by atoms with Crippen molar-refractivity contribution in [2.24, 2.45) is 28.8 Å². The second-order valence-corrected chi connectivity index (χ2v) is 8.88. The minimum Gasteiger partial charge on any atom is -0.352 e. The van der Waals surface area contributed by atoms with Crippen LogP contribution < -0.4 is 10.7 Å². The number of carbonyl (C=O) groups is 2. The Morgan fingerprint density at radius 1 is 1.07 bits per heavy atom. The topological polar surface area (TPSA) is 70.6 Å². The Kier molecular flexibility index (Phi) is 5.22. The number of carbonyl (C=O) groups excluding carboxylic acids is 2. The number of nitrogens with zero attached hydrogens (tertiary/aromatic N) is 1. The molecule has 6 heteroatoms. The van der Waals surface area contributed by atoms with Crippen LogP contribution in [-0.4, -0.2) is 23.6 Å². The van der Waals surface area contributed by atoms with Crippen LogP contribution in [0.3, 0.4) is 0 Å². The average molecular weight is 388 g/mol. The van der Waals surface area contributed by atoms with E-state index in [0.29, 0.717) is 34.2 Å². The molecule has 144 valence electrons. The Labute approximate surface area is 164 Å². The second kappa shape index (κ2) is 7.63. The van der Waals surface area contributed by atoms with E-state index < -0.39 is 0 Å². The van der Waals surface area contributed by atoms with Gasteiger partial charge in [-0.3, -0.25) is 9.59 Å². The van der Waals surface area contributed by atoms with Gasteiger partial charge >= 0.3 is 0 Å². The first-order valence-electron chi connectivity index (χ1n) is 9.87. The summed E-state index contributed by atoms with van der Waals surface area (Å²) < 4.78 is 0. The van der Waals surface area contributed by atoms with Crippen molar-refractivity contribution in [3.05, 3.63) is 34.9 Å². The number of hydrazone groups is 1. The molecule has 5 rings (SSSR count). The largest absolute Gasteiger partial charge is 0.352 e. The molecule has 0 spiro atoms. The molecule has 2 amide bonds. The molecular weight excluding hydrogens is 362 g/mol. The Bertz CT molecular complexity index is 748. The van der Waals surface area contributed by atoms with Crippen molar-refractivity contribution in [3.8, 4) is 0 Å². The molecule has 0 unspecified atom stereocenters. The lowest BCUT2D eigenvalue weighted by Gasteiger charge is -2.54. The van der Waals surface area contributed by atoms with Crippen LogP contribution in [0.5, 0.6) is 0 Å². The van der Waals surface area contributed by atoms with Crippen LogP contribution in [-0.2, 0) is 4.79 Å². The highest BCUT2D eigenvalue weighted by Crippen LogP contribution is 2.53. The Balaban J connectivity index is 1.30. The van der Waals surface area contributed by atoms with E-state index in [-0.39, 0.29) is 18.2 Å². The van der Waals surface area contributed by atoms with Crippen LogP contribution in [0, 0.1) is 23.7 Å². The summed E-state index contributed by atoms with van der Waals surface area (Å²) in [5.41, 5.74) is 3.43. The van der Waals surface area contributed by atoms with Crippen LogP contribution >= 0.6 is 11.6 Å². The van der Waals surface area contributed by atoms with Crippen LogP contribution in [0.2, 0.25) is 5.02 Å². The van der Waals surface area contributed by atoms with E-state index in [1.807, 2.05) is 0 Å². The number of halogens is 1. The van der Waals surface area contributed by atoms with Crippen LogP contribution in [0.15, 0.2) is 29.4 Å². The van der Waals surface area contributed by atoms with Gasteiger partial charge in [-0.1, -0.05) is 23.7 Å². The van der Waals surface area contributed by atoms with E-state index in [9.17, 15) is 9.59 Å². The normalized spacial score (nSPS) is 31.6.